The summed E-state index contributed by atoms with van der Waals surface area (Å²) >= 11 is 0. The van der Waals surface area contributed by atoms with E-state index in [4.69, 9.17) is 9.47 Å². The minimum atomic E-state index is -4.32. The lowest BCUT2D eigenvalue weighted by molar-refractivity contribution is -0.175. The van der Waals surface area contributed by atoms with Crippen molar-refractivity contribution in [2.45, 2.75) is 59.1 Å². The molecular weight excluding hydrogens is 289 g/mol. The summed E-state index contributed by atoms with van der Waals surface area (Å²) in [6.07, 6.45) is -5.33. The van der Waals surface area contributed by atoms with Crippen molar-refractivity contribution >= 4 is 11.9 Å². The molecule has 0 unspecified atom stereocenters. The molecule has 0 saturated heterocycles. The standard InChI is InChI=1S/C14H23F3O4/c1-4-8-13(11(18)20-5-2,12(19)21-6-3)9-7-10-14(15,16)17/h4-10H2,1-3H3. The molecule has 0 saturated carbocycles. The van der Waals surface area contributed by atoms with Crippen molar-refractivity contribution in [1.82, 2.24) is 0 Å². The number of alkyl halides is 3. The molecule has 0 atom stereocenters. The van der Waals surface area contributed by atoms with Gasteiger partial charge in [0.15, 0.2) is 5.41 Å². The topological polar surface area (TPSA) is 52.6 Å². The van der Waals surface area contributed by atoms with Crippen molar-refractivity contribution in [2.75, 3.05) is 13.2 Å². The Morgan fingerprint density at radius 3 is 1.67 bits per heavy atom. The first kappa shape index (κ1) is 19.7. The highest BCUT2D eigenvalue weighted by molar-refractivity contribution is 6.00. The zero-order valence-corrected chi connectivity index (χ0v) is 12.7. The van der Waals surface area contributed by atoms with Crippen LogP contribution in [0.1, 0.15) is 52.9 Å². The maximum Gasteiger partial charge on any atom is 0.389 e. The number of halogens is 3. The molecule has 7 heteroatoms. The second kappa shape index (κ2) is 8.89. The van der Waals surface area contributed by atoms with Crippen LogP contribution in [0.5, 0.6) is 0 Å². The molecule has 4 nitrogen and oxygen atoms in total. The molecule has 0 aliphatic rings. The highest BCUT2D eigenvalue weighted by Gasteiger charge is 2.48. The number of hydrogen-bond donors (Lipinski definition) is 0. The van der Waals surface area contributed by atoms with E-state index in [2.05, 4.69) is 0 Å². The van der Waals surface area contributed by atoms with E-state index >= 15 is 0 Å². The largest absolute Gasteiger partial charge is 0.465 e. The van der Waals surface area contributed by atoms with Crippen molar-refractivity contribution in [1.29, 1.82) is 0 Å². The second-order valence-electron chi connectivity index (χ2n) is 4.74. The van der Waals surface area contributed by atoms with Crippen molar-refractivity contribution in [2.24, 2.45) is 5.41 Å². The van der Waals surface area contributed by atoms with E-state index in [1.807, 2.05) is 0 Å². The molecule has 21 heavy (non-hydrogen) atoms. The highest BCUT2D eigenvalue weighted by atomic mass is 19.4. The van der Waals surface area contributed by atoms with Gasteiger partial charge >= 0.3 is 18.1 Å². The Morgan fingerprint density at radius 1 is 0.857 bits per heavy atom. The molecule has 0 aromatic heterocycles. The van der Waals surface area contributed by atoms with E-state index in [0.29, 0.717) is 6.42 Å². The maximum absolute atomic E-state index is 12.3. The van der Waals surface area contributed by atoms with E-state index in [-0.39, 0.29) is 32.5 Å². The summed E-state index contributed by atoms with van der Waals surface area (Å²) in [6, 6.07) is 0. The van der Waals surface area contributed by atoms with Gasteiger partial charge in [0, 0.05) is 6.42 Å². The van der Waals surface area contributed by atoms with Gasteiger partial charge in [-0.1, -0.05) is 13.3 Å². The van der Waals surface area contributed by atoms with Gasteiger partial charge in [-0.3, -0.25) is 9.59 Å². The average Bonchev–Trinajstić information content (AvgIpc) is 2.36. The van der Waals surface area contributed by atoms with Gasteiger partial charge in [0.25, 0.3) is 0 Å². The number of hydrogen-bond acceptors (Lipinski definition) is 4. The predicted octanol–water partition coefficient (Wildman–Crippen LogP) is 3.63. The van der Waals surface area contributed by atoms with Gasteiger partial charge in [-0.2, -0.15) is 13.2 Å². The Labute approximate surface area is 123 Å². The van der Waals surface area contributed by atoms with Crippen molar-refractivity contribution in [3.63, 3.8) is 0 Å². The summed E-state index contributed by atoms with van der Waals surface area (Å²) in [6.45, 7) is 5.02. The fourth-order valence-electron chi connectivity index (χ4n) is 2.17. The summed E-state index contributed by atoms with van der Waals surface area (Å²) in [5.41, 5.74) is -1.63. The Balaban J connectivity index is 5.17. The van der Waals surface area contributed by atoms with Crippen LogP contribution in [0.3, 0.4) is 0 Å². The third kappa shape index (κ3) is 6.35. The number of ether oxygens (including phenoxy) is 2. The van der Waals surface area contributed by atoms with Gasteiger partial charge in [0.05, 0.1) is 13.2 Å². The lowest BCUT2D eigenvalue weighted by Gasteiger charge is -2.29. The SMILES string of the molecule is CCCC(CCCC(F)(F)F)(C(=O)OCC)C(=O)OCC. The molecule has 0 aromatic carbocycles. The van der Waals surface area contributed by atoms with Crippen LogP contribution in [0.4, 0.5) is 13.2 Å². The minimum Gasteiger partial charge on any atom is -0.465 e. The van der Waals surface area contributed by atoms with Gasteiger partial charge in [-0.25, -0.2) is 0 Å². The molecule has 0 amide bonds. The lowest BCUT2D eigenvalue weighted by atomic mass is 9.78. The van der Waals surface area contributed by atoms with Crippen LogP contribution in [0.2, 0.25) is 0 Å². The summed E-state index contributed by atoms with van der Waals surface area (Å²) in [7, 11) is 0. The van der Waals surface area contributed by atoms with Gasteiger partial charge in [-0.15, -0.1) is 0 Å². The van der Waals surface area contributed by atoms with E-state index in [0.717, 1.165) is 0 Å². The zero-order valence-electron chi connectivity index (χ0n) is 12.7. The number of carbonyl (C=O) groups excluding carboxylic acids is 2. The van der Waals surface area contributed by atoms with Crippen LogP contribution in [0.15, 0.2) is 0 Å². The molecule has 0 rings (SSSR count). The van der Waals surface area contributed by atoms with Crippen LogP contribution >= 0.6 is 0 Å². The molecule has 0 bridgehead atoms. The van der Waals surface area contributed by atoms with E-state index < -0.39 is 30.0 Å². The minimum absolute atomic E-state index is 0.0585. The van der Waals surface area contributed by atoms with E-state index in [9.17, 15) is 22.8 Å². The molecule has 0 aliphatic heterocycles. The Morgan fingerprint density at radius 2 is 1.33 bits per heavy atom. The van der Waals surface area contributed by atoms with E-state index in [1.54, 1.807) is 20.8 Å². The molecule has 0 heterocycles. The first-order valence-corrected chi connectivity index (χ1v) is 7.14. The smallest absolute Gasteiger partial charge is 0.389 e. The Bertz CT molecular complexity index is 322. The van der Waals surface area contributed by atoms with Gasteiger partial charge in [0.2, 0.25) is 0 Å². The fourth-order valence-corrected chi connectivity index (χ4v) is 2.17. The van der Waals surface area contributed by atoms with Crippen molar-refractivity contribution < 1.29 is 32.2 Å². The summed E-state index contributed by atoms with van der Waals surface area (Å²) in [5, 5.41) is 0. The average molecular weight is 312 g/mol. The first-order chi connectivity index (χ1) is 9.73. The number of esters is 2. The van der Waals surface area contributed by atoms with Crippen molar-refractivity contribution in [3.05, 3.63) is 0 Å². The Kier molecular flexibility index (Phi) is 8.36. The molecular formula is C14H23F3O4. The third-order valence-electron chi connectivity index (χ3n) is 3.07. The van der Waals surface area contributed by atoms with E-state index in [1.165, 1.54) is 0 Å². The van der Waals surface area contributed by atoms with Gasteiger partial charge in [-0.05, 0) is 33.1 Å². The third-order valence-corrected chi connectivity index (χ3v) is 3.07. The summed E-state index contributed by atoms with van der Waals surface area (Å²) < 4.78 is 46.6. The molecule has 0 spiro atoms. The number of carbonyl (C=O) groups is 2. The van der Waals surface area contributed by atoms with Crippen molar-refractivity contribution in [3.8, 4) is 0 Å². The fraction of sp³-hybridized carbons (Fsp3) is 0.857. The first-order valence-electron chi connectivity index (χ1n) is 7.14. The normalized spacial score (nSPS) is 12.1. The molecule has 124 valence electrons. The molecule has 0 radical (unpaired) electrons. The van der Waals surface area contributed by atoms with Crippen LogP contribution < -0.4 is 0 Å². The monoisotopic (exact) mass is 312 g/mol. The molecule has 0 aliphatic carbocycles. The predicted molar refractivity (Wildman–Crippen MR) is 70.5 cm³/mol. The molecule has 0 aromatic rings. The molecule has 0 N–H and O–H groups in total. The molecule has 0 fully saturated rings. The van der Waals surface area contributed by atoms with Crippen LogP contribution in [0, 0.1) is 5.41 Å². The van der Waals surface area contributed by atoms with Crippen LogP contribution in [-0.4, -0.2) is 31.3 Å². The zero-order chi connectivity index (χ0) is 16.5. The van der Waals surface area contributed by atoms with Crippen LogP contribution in [0.25, 0.3) is 0 Å². The Hall–Kier alpha value is -1.27. The second-order valence-corrected chi connectivity index (χ2v) is 4.74. The summed E-state index contributed by atoms with van der Waals surface area (Å²) in [5.74, 6) is -1.60. The van der Waals surface area contributed by atoms with Gasteiger partial charge < -0.3 is 9.47 Å². The summed E-state index contributed by atoms with van der Waals surface area (Å²) in [4.78, 5) is 24.2. The van der Waals surface area contributed by atoms with Gasteiger partial charge in [0.1, 0.15) is 0 Å². The quantitative estimate of drug-likeness (QED) is 0.482. The maximum atomic E-state index is 12.3. The van der Waals surface area contributed by atoms with Crippen LogP contribution in [-0.2, 0) is 19.1 Å². The number of rotatable bonds is 9. The highest BCUT2D eigenvalue weighted by Crippen LogP contribution is 2.36. The lowest BCUT2D eigenvalue weighted by Crippen LogP contribution is -2.42.